The lowest BCUT2D eigenvalue weighted by molar-refractivity contribution is 0.489. The number of fused-ring (bicyclic) bond motifs is 1. The van der Waals surface area contributed by atoms with Crippen LogP contribution in [0.4, 0.5) is 0 Å². The minimum absolute atomic E-state index is 0.0464. The average molecular weight is 378 g/mol. The molecule has 0 aliphatic carbocycles. The van der Waals surface area contributed by atoms with Crippen LogP contribution in [0.2, 0.25) is 0 Å². The molecule has 0 amide bonds. The molecular formula is C18H23N3O2S2. The third kappa shape index (κ3) is 3.82. The number of thioether (sulfide) groups is 1. The summed E-state index contributed by atoms with van der Waals surface area (Å²) in [6.45, 7) is 10.3. The van der Waals surface area contributed by atoms with Crippen molar-refractivity contribution in [1.82, 2.24) is 15.0 Å². The standard InChI is InChI=1S/C18H23N3O2S2/c1-6-9(2)7-13-12(5)25-17-15(13)16(22)20-18(21-17)24-8-14-19-10(3)11(4)23-14/h9H,6-8H2,1-5H3,(H,20,21,22)/t9-/m1/s1. The Morgan fingerprint density at radius 3 is 2.68 bits per heavy atom. The summed E-state index contributed by atoms with van der Waals surface area (Å²) in [6.07, 6.45) is 2.03. The van der Waals surface area contributed by atoms with Gasteiger partial charge in [-0.05, 0) is 38.7 Å². The highest BCUT2D eigenvalue weighted by Gasteiger charge is 2.17. The van der Waals surface area contributed by atoms with Crippen molar-refractivity contribution in [3.63, 3.8) is 0 Å². The molecule has 3 rings (SSSR count). The SMILES string of the molecule is CC[C@@H](C)Cc1c(C)sc2nc(SCc3nc(C)c(C)o3)[nH]c(=O)c12. The maximum atomic E-state index is 12.6. The van der Waals surface area contributed by atoms with E-state index in [1.54, 1.807) is 11.3 Å². The molecule has 0 saturated carbocycles. The van der Waals surface area contributed by atoms with E-state index in [2.05, 4.69) is 35.7 Å². The molecule has 7 heteroatoms. The van der Waals surface area contributed by atoms with Gasteiger partial charge in [0.05, 0.1) is 16.8 Å². The molecule has 0 radical (unpaired) electrons. The molecule has 0 saturated heterocycles. The third-order valence-corrected chi connectivity index (χ3v) is 6.40. The molecule has 0 aromatic carbocycles. The monoisotopic (exact) mass is 377 g/mol. The zero-order chi connectivity index (χ0) is 18.1. The van der Waals surface area contributed by atoms with Gasteiger partial charge in [-0.3, -0.25) is 4.79 Å². The first kappa shape index (κ1) is 18.2. The second-order valence-electron chi connectivity index (χ2n) is 6.44. The van der Waals surface area contributed by atoms with Crippen molar-refractivity contribution in [3.8, 4) is 0 Å². The second kappa shape index (κ2) is 7.33. The molecule has 0 spiro atoms. The first-order valence-electron chi connectivity index (χ1n) is 8.47. The molecule has 0 unspecified atom stereocenters. The zero-order valence-corrected chi connectivity index (χ0v) is 16.9. The van der Waals surface area contributed by atoms with Crippen LogP contribution in [0, 0.1) is 26.7 Å². The van der Waals surface area contributed by atoms with E-state index < -0.39 is 0 Å². The van der Waals surface area contributed by atoms with E-state index in [-0.39, 0.29) is 5.56 Å². The molecule has 0 bridgehead atoms. The van der Waals surface area contributed by atoms with Crippen molar-refractivity contribution in [3.05, 3.63) is 38.1 Å². The Bertz CT molecular complexity index is 936. The maximum absolute atomic E-state index is 12.6. The number of H-pyrrole nitrogens is 1. The smallest absolute Gasteiger partial charge is 0.260 e. The van der Waals surface area contributed by atoms with Gasteiger partial charge in [0, 0.05) is 4.88 Å². The Labute approximate surface area is 155 Å². The number of thiophene rings is 1. The van der Waals surface area contributed by atoms with Crippen molar-refractivity contribution in [2.45, 2.75) is 58.4 Å². The number of oxazole rings is 1. The van der Waals surface area contributed by atoms with Crippen LogP contribution in [-0.2, 0) is 12.2 Å². The lowest BCUT2D eigenvalue weighted by atomic mass is 9.98. The molecule has 25 heavy (non-hydrogen) atoms. The molecule has 3 aromatic rings. The molecule has 3 aromatic heterocycles. The fraction of sp³-hybridized carbons (Fsp3) is 0.500. The Morgan fingerprint density at radius 2 is 2.04 bits per heavy atom. The van der Waals surface area contributed by atoms with Gasteiger partial charge in [0.25, 0.3) is 5.56 Å². The number of hydrogen-bond donors (Lipinski definition) is 1. The number of nitrogens with zero attached hydrogens (tertiary/aromatic N) is 2. The van der Waals surface area contributed by atoms with Gasteiger partial charge in [-0.2, -0.15) is 0 Å². The first-order chi connectivity index (χ1) is 11.9. The van der Waals surface area contributed by atoms with E-state index in [4.69, 9.17) is 4.42 Å². The van der Waals surface area contributed by atoms with Crippen molar-refractivity contribution < 1.29 is 4.42 Å². The quantitative estimate of drug-likeness (QED) is 0.494. The van der Waals surface area contributed by atoms with E-state index in [9.17, 15) is 4.79 Å². The summed E-state index contributed by atoms with van der Waals surface area (Å²) in [4.78, 5) is 26.6. The zero-order valence-electron chi connectivity index (χ0n) is 15.2. The number of rotatable bonds is 6. The molecule has 134 valence electrons. The van der Waals surface area contributed by atoms with Crippen LogP contribution in [-0.4, -0.2) is 15.0 Å². The molecular weight excluding hydrogens is 354 g/mol. The Morgan fingerprint density at radius 1 is 1.28 bits per heavy atom. The van der Waals surface area contributed by atoms with Gasteiger partial charge in [-0.15, -0.1) is 11.3 Å². The normalized spacial score (nSPS) is 12.8. The van der Waals surface area contributed by atoms with Crippen LogP contribution in [0.3, 0.4) is 0 Å². The van der Waals surface area contributed by atoms with Gasteiger partial charge in [0.1, 0.15) is 10.6 Å². The summed E-state index contributed by atoms with van der Waals surface area (Å²) in [7, 11) is 0. The molecule has 0 fully saturated rings. The van der Waals surface area contributed by atoms with Crippen LogP contribution < -0.4 is 5.56 Å². The minimum atomic E-state index is -0.0464. The summed E-state index contributed by atoms with van der Waals surface area (Å²) in [6, 6.07) is 0. The summed E-state index contributed by atoms with van der Waals surface area (Å²) in [5, 5.41) is 1.37. The van der Waals surface area contributed by atoms with Gasteiger partial charge in [-0.25, -0.2) is 9.97 Å². The van der Waals surface area contributed by atoms with E-state index >= 15 is 0 Å². The molecule has 0 aliphatic heterocycles. The number of nitrogens with one attached hydrogen (secondary N) is 1. The largest absolute Gasteiger partial charge is 0.445 e. The molecule has 0 aliphatic rings. The van der Waals surface area contributed by atoms with Crippen LogP contribution in [0.5, 0.6) is 0 Å². The number of aryl methyl sites for hydroxylation is 3. The molecule has 1 N–H and O–H groups in total. The van der Waals surface area contributed by atoms with Crippen LogP contribution >= 0.6 is 23.1 Å². The highest BCUT2D eigenvalue weighted by Crippen LogP contribution is 2.31. The summed E-state index contributed by atoms with van der Waals surface area (Å²) >= 11 is 3.05. The highest BCUT2D eigenvalue weighted by molar-refractivity contribution is 7.98. The lowest BCUT2D eigenvalue weighted by Gasteiger charge is -2.08. The fourth-order valence-corrected chi connectivity index (χ4v) is 4.51. The van der Waals surface area contributed by atoms with Gasteiger partial charge < -0.3 is 9.40 Å². The Kier molecular flexibility index (Phi) is 5.34. The van der Waals surface area contributed by atoms with E-state index in [1.165, 1.54) is 16.6 Å². The van der Waals surface area contributed by atoms with Crippen LogP contribution in [0.15, 0.2) is 14.4 Å². The van der Waals surface area contributed by atoms with Crippen molar-refractivity contribution in [2.75, 3.05) is 0 Å². The van der Waals surface area contributed by atoms with Crippen molar-refractivity contribution in [1.29, 1.82) is 0 Å². The molecule has 3 heterocycles. The predicted octanol–water partition coefficient (Wildman–Crippen LogP) is 4.78. The topological polar surface area (TPSA) is 71.8 Å². The minimum Gasteiger partial charge on any atom is -0.445 e. The third-order valence-electron chi connectivity index (χ3n) is 4.50. The fourth-order valence-electron chi connectivity index (χ4n) is 2.69. The van der Waals surface area contributed by atoms with E-state index in [0.717, 1.165) is 40.1 Å². The van der Waals surface area contributed by atoms with Gasteiger partial charge in [0.2, 0.25) is 5.89 Å². The molecule has 1 atom stereocenters. The van der Waals surface area contributed by atoms with Crippen molar-refractivity contribution >= 4 is 33.3 Å². The Balaban J connectivity index is 1.88. The predicted molar refractivity (Wildman–Crippen MR) is 104 cm³/mol. The Hall–Kier alpha value is -1.60. The highest BCUT2D eigenvalue weighted by atomic mass is 32.2. The lowest BCUT2D eigenvalue weighted by Crippen LogP contribution is -2.11. The average Bonchev–Trinajstić information content (AvgIpc) is 3.05. The van der Waals surface area contributed by atoms with E-state index in [0.29, 0.717) is 22.7 Å². The number of hydrogen-bond acceptors (Lipinski definition) is 6. The van der Waals surface area contributed by atoms with Gasteiger partial charge >= 0.3 is 0 Å². The van der Waals surface area contributed by atoms with E-state index in [1.807, 2.05) is 13.8 Å². The summed E-state index contributed by atoms with van der Waals surface area (Å²) in [5.74, 6) is 2.59. The summed E-state index contributed by atoms with van der Waals surface area (Å²) in [5.41, 5.74) is 2.00. The number of aromatic amines is 1. The van der Waals surface area contributed by atoms with Crippen LogP contribution in [0.25, 0.3) is 10.2 Å². The maximum Gasteiger partial charge on any atom is 0.260 e. The van der Waals surface area contributed by atoms with Gasteiger partial charge in [-0.1, -0.05) is 32.0 Å². The van der Waals surface area contributed by atoms with Crippen molar-refractivity contribution in [2.24, 2.45) is 5.92 Å². The first-order valence-corrected chi connectivity index (χ1v) is 10.3. The van der Waals surface area contributed by atoms with Gasteiger partial charge in [0.15, 0.2) is 5.16 Å². The van der Waals surface area contributed by atoms with Crippen LogP contribution in [0.1, 0.15) is 48.1 Å². The molecule has 5 nitrogen and oxygen atoms in total. The summed E-state index contributed by atoms with van der Waals surface area (Å²) < 4.78 is 5.58. The second-order valence-corrected chi connectivity index (χ2v) is 8.61. The number of aromatic nitrogens is 3.